The van der Waals surface area contributed by atoms with Gasteiger partial charge < -0.3 is 10.1 Å². The number of amides is 1. The molecule has 8 heteroatoms. The number of nitrogens with zero attached hydrogens (tertiary/aromatic N) is 4. The van der Waals surface area contributed by atoms with Crippen LogP contribution in [0.15, 0.2) is 6.33 Å². The fraction of sp³-hybridized carbons (Fsp3) is 0.769. The Morgan fingerprint density at radius 2 is 2.10 bits per heavy atom. The predicted octanol–water partition coefficient (Wildman–Crippen LogP) is 0.303. The molecular formula is C13H21N5O3. The summed E-state index contributed by atoms with van der Waals surface area (Å²) in [5, 5.41) is 13.8. The average Bonchev–Trinajstić information content (AvgIpc) is 2.98. The molecule has 1 saturated carbocycles. The number of esters is 1. The monoisotopic (exact) mass is 295 g/mol. The molecule has 0 atom stereocenters. The summed E-state index contributed by atoms with van der Waals surface area (Å²) in [4.78, 5) is 23.2. The van der Waals surface area contributed by atoms with E-state index in [0.717, 1.165) is 25.7 Å². The number of carbonyl (C=O) groups excluding carboxylic acids is 2. The molecule has 0 saturated heterocycles. The Morgan fingerprint density at radius 3 is 2.71 bits per heavy atom. The maximum atomic E-state index is 12.1. The summed E-state index contributed by atoms with van der Waals surface area (Å²) in [5.74, 6) is -0.572. The maximum absolute atomic E-state index is 12.1. The fourth-order valence-electron chi connectivity index (χ4n) is 2.93. The lowest BCUT2D eigenvalue weighted by Gasteiger charge is -2.36. The van der Waals surface area contributed by atoms with Crippen molar-refractivity contribution in [3.8, 4) is 0 Å². The molecule has 0 aliphatic heterocycles. The molecule has 21 heavy (non-hydrogen) atoms. The smallest absolute Gasteiger partial charge is 0.325 e. The largest absolute Gasteiger partial charge is 0.468 e. The van der Waals surface area contributed by atoms with E-state index in [1.807, 2.05) is 0 Å². The lowest BCUT2D eigenvalue weighted by molar-refractivity contribution is -0.141. The van der Waals surface area contributed by atoms with E-state index in [1.165, 1.54) is 13.5 Å². The van der Waals surface area contributed by atoms with Crippen molar-refractivity contribution in [1.82, 2.24) is 25.5 Å². The molecule has 1 aromatic heterocycles. The van der Waals surface area contributed by atoms with Crippen LogP contribution in [0.5, 0.6) is 0 Å². The number of hydrogen-bond donors (Lipinski definition) is 1. The third-order valence-electron chi connectivity index (χ3n) is 4.00. The van der Waals surface area contributed by atoms with Gasteiger partial charge in [-0.2, -0.15) is 0 Å². The van der Waals surface area contributed by atoms with Crippen LogP contribution in [0.25, 0.3) is 0 Å². The molecule has 1 fully saturated rings. The third-order valence-corrected chi connectivity index (χ3v) is 4.00. The predicted molar refractivity (Wildman–Crippen MR) is 73.0 cm³/mol. The molecular weight excluding hydrogens is 274 g/mol. The van der Waals surface area contributed by atoms with Crippen LogP contribution in [0.1, 0.15) is 38.5 Å². The second-order valence-electron chi connectivity index (χ2n) is 5.60. The Morgan fingerprint density at radius 1 is 1.33 bits per heavy atom. The van der Waals surface area contributed by atoms with E-state index in [4.69, 9.17) is 0 Å². The Labute approximate surface area is 123 Å². The van der Waals surface area contributed by atoms with Crippen LogP contribution in [0.4, 0.5) is 0 Å². The number of hydrogen-bond acceptors (Lipinski definition) is 6. The third kappa shape index (κ3) is 4.51. The van der Waals surface area contributed by atoms with Crippen molar-refractivity contribution in [2.24, 2.45) is 5.41 Å². The molecule has 0 aromatic carbocycles. The van der Waals surface area contributed by atoms with Crippen molar-refractivity contribution in [2.45, 2.75) is 45.1 Å². The summed E-state index contributed by atoms with van der Waals surface area (Å²) in [6.07, 6.45) is 7.30. The van der Waals surface area contributed by atoms with Crippen LogP contribution < -0.4 is 5.32 Å². The van der Waals surface area contributed by atoms with Crippen molar-refractivity contribution >= 4 is 11.9 Å². The molecule has 1 N–H and O–H groups in total. The van der Waals surface area contributed by atoms with Crippen molar-refractivity contribution in [2.75, 3.05) is 13.7 Å². The first-order chi connectivity index (χ1) is 10.1. The van der Waals surface area contributed by atoms with Crippen LogP contribution in [-0.2, 0) is 20.9 Å². The molecule has 1 aliphatic carbocycles. The van der Waals surface area contributed by atoms with E-state index in [1.54, 1.807) is 11.0 Å². The Kier molecular flexibility index (Phi) is 5.24. The maximum Gasteiger partial charge on any atom is 0.325 e. The molecule has 1 amide bonds. The summed E-state index contributed by atoms with van der Waals surface area (Å²) in [6.45, 7) is 0.544. The molecule has 0 spiro atoms. The van der Waals surface area contributed by atoms with Crippen LogP contribution in [-0.4, -0.2) is 45.7 Å². The van der Waals surface area contributed by atoms with Gasteiger partial charge in [0.1, 0.15) is 12.9 Å². The molecule has 0 unspecified atom stereocenters. The van der Waals surface area contributed by atoms with E-state index in [0.29, 0.717) is 13.0 Å². The molecule has 1 aromatic rings. The first-order valence-electron chi connectivity index (χ1n) is 7.18. The Balaban J connectivity index is 1.95. The number of rotatable bonds is 6. The number of aromatic nitrogens is 4. The van der Waals surface area contributed by atoms with Crippen LogP contribution >= 0.6 is 0 Å². The number of nitrogens with one attached hydrogen (secondary N) is 1. The topological polar surface area (TPSA) is 99.0 Å². The molecule has 1 aliphatic rings. The van der Waals surface area contributed by atoms with Gasteiger partial charge in [-0.25, -0.2) is 4.68 Å². The van der Waals surface area contributed by atoms with Crippen molar-refractivity contribution in [3.63, 3.8) is 0 Å². The molecule has 1 heterocycles. The van der Waals surface area contributed by atoms with Gasteiger partial charge in [0.05, 0.1) is 13.7 Å². The first-order valence-corrected chi connectivity index (χ1v) is 7.18. The summed E-state index contributed by atoms with van der Waals surface area (Å²) < 4.78 is 6.20. The van der Waals surface area contributed by atoms with E-state index in [-0.39, 0.29) is 17.9 Å². The van der Waals surface area contributed by atoms with E-state index in [9.17, 15) is 9.59 Å². The Bertz CT molecular complexity index is 468. The van der Waals surface area contributed by atoms with Gasteiger partial charge in [0, 0.05) is 6.42 Å². The quantitative estimate of drug-likeness (QED) is 0.758. The zero-order valence-corrected chi connectivity index (χ0v) is 12.2. The molecule has 8 nitrogen and oxygen atoms in total. The standard InChI is InChI=1S/C13H21N5O3/c1-21-12(20)8-14-11(19)7-13(5-3-2-4-6-13)9-18-10-15-16-17-18/h10H,2-9H2,1H3,(H,14,19). The van der Waals surface area contributed by atoms with Gasteiger partial charge in [-0.05, 0) is 28.7 Å². The summed E-state index contributed by atoms with van der Waals surface area (Å²) in [6, 6.07) is 0. The Hall–Kier alpha value is -1.99. The normalized spacial score (nSPS) is 17.2. The highest BCUT2D eigenvalue weighted by molar-refractivity contribution is 5.82. The van der Waals surface area contributed by atoms with Crippen molar-refractivity contribution in [1.29, 1.82) is 0 Å². The van der Waals surface area contributed by atoms with Crippen molar-refractivity contribution in [3.05, 3.63) is 6.33 Å². The van der Waals surface area contributed by atoms with Gasteiger partial charge in [-0.15, -0.1) is 5.10 Å². The molecule has 116 valence electrons. The summed E-state index contributed by atoms with van der Waals surface area (Å²) >= 11 is 0. The van der Waals surface area contributed by atoms with E-state index in [2.05, 4.69) is 25.6 Å². The minimum absolute atomic E-state index is 0.0870. The summed E-state index contributed by atoms with van der Waals surface area (Å²) in [7, 11) is 1.30. The average molecular weight is 295 g/mol. The number of carbonyl (C=O) groups is 2. The van der Waals surface area contributed by atoms with Crippen molar-refractivity contribution < 1.29 is 14.3 Å². The van der Waals surface area contributed by atoms with Crippen LogP contribution in [0, 0.1) is 5.41 Å². The zero-order chi connectivity index (χ0) is 15.1. The van der Waals surface area contributed by atoms with Gasteiger partial charge >= 0.3 is 5.97 Å². The molecule has 0 radical (unpaired) electrons. The highest BCUT2D eigenvalue weighted by Gasteiger charge is 2.35. The number of ether oxygens (including phenoxy) is 1. The molecule has 0 bridgehead atoms. The van der Waals surface area contributed by atoms with Gasteiger partial charge in [-0.3, -0.25) is 9.59 Å². The van der Waals surface area contributed by atoms with Gasteiger partial charge in [-0.1, -0.05) is 19.3 Å². The van der Waals surface area contributed by atoms with Crippen LogP contribution in [0.2, 0.25) is 0 Å². The highest BCUT2D eigenvalue weighted by atomic mass is 16.5. The number of methoxy groups -OCH3 is 1. The highest BCUT2D eigenvalue weighted by Crippen LogP contribution is 2.40. The second-order valence-corrected chi connectivity index (χ2v) is 5.60. The lowest BCUT2D eigenvalue weighted by atomic mass is 9.71. The van der Waals surface area contributed by atoms with E-state index < -0.39 is 5.97 Å². The van der Waals surface area contributed by atoms with Gasteiger partial charge in [0.15, 0.2) is 0 Å². The minimum atomic E-state index is -0.443. The minimum Gasteiger partial charge on any atom is -0.468 e. The number of tetrazole rings is 1. The SMILES string of the molecule is COC(=O)CNC(=O)CC1(Cn2cnnn2)CCCCC1. The van der Waals surface area contributed by atoms with E-state index >= 15 is 0 Å². The fourth-order valence-corrected chi connectivity index (χ4v) is 2.93. The van der Waals surface area contributed by atoms with Crippen LogP contribution in [0.3, 0.4) is 0 Å². The molecule has 2 rings (SSSR count). The summed E-state index contributed by atoms with van der Waals surface area (Å²) in [5.41, 5.74) is -0.131. The first kappa shape index (κ1) is 15.4. The van der Waals surface area contributed by atoms with Gasteiger partial charge in [0.25, 0.3) is 0 Å². The lowest BCUT2D eigenvalue weighted by Crippen LogP contribution is -2.38. The van der Waals surface area contributed by atoms with Gasteiger partial charge in [0.2, 0.25) is 5.91 Å². The second kappa shape index (κ2) is 7.14. The zero-order valence-electron chi connectivity index (χ0n) is 12.2.